The third kappa shape index (κ3) is 4.14. The molecule has 0 N–H and O–H groups in total. The molecule has 1 atom stereocenters. The first-order valence-electron chi connectivity index (χ1n) is 11.2. The number of hydrogen-bond acceptors (Lipinski definition) is 8. The standard InChI is InChI=1S/C24H30N6O2/c1-31-21-13-19-20(14-22(21)32-2)26-17-27-24(19)30-8-6-18(16-30)15-28-9-11-29(12-10-28)23-5-3-4-7-25-23/h3-5,7,13-14,17-18H,6,8-12,15-16H2,1-2H3. The van der Waals surface area contributed by atoms with Crippen molar-refractivity contribution in [2.75, 3.05) is 69.8 Å². The van der Waals surface area contributed by atoms with Crippen LogP contribution in [0.4, 0.5) is 11.6 Å². The topological polar surface area (TPSA) is 66.9 Å². The molecular formula is C24H30N6O2. The monoisotopic (exact) mass is 434 g/mol. The molecule has 2 fully saturated rings. The second-order valence-corrected chi connectivity index (χ2v) is 8.50. The Morgan fingerprint density at radius 1 is 0.906 bits per heavy atom. The maximum Gasteiger partial charge on any atom is 0.162 e. The first-order chi connectivity index (χ1) is 15.7. The van der Waals surface area contributed by atoms with Crippen molar-refractivity contribution in [1.82, 2.24) is 19.9 Å². The Kier molecular flexibility index (Phi) is 5.94. The minimum atomic E-state index is 0.640. The Labute approximate surface area is 188 Å². The molecule has 1 aromatic carbocycles. The molecule has 32 heavy (non-hydrogen) atoms. The van der Waals surface area contributed by atoms with E-state index in [1.165, 1.54) is 6.42 Å². The van der Waals surface area contributed by atoms with E-state index in [9.17, 15) is 0 Å². The number of fused-ring (bicyclic) bond motifs is 1. The van der Waals surface area contributed by atoms with Crippen molar-refractivity contribution in [3.63, 3.8) is 0 Å². The van der Waals surface area contributed by atoms with Gasteiger partial charge in [0.25, 0.3) is 0 Å². The summed E-state index contributed by atoms with van der Waals surface area (Å²) in [5.41, 5.74) is 0.877. The number of aromatic nitrogens is 3. The molecular weight excluding hydrogens is 404 g/mol. The van der Waals surface area contributed by atoms with Crippen LogP contribution in [0.3, 0.4) is 0 Å². The van der Waals surface area contributed by atoms with E-state index in [-0.39, 0.29) is 0 Å². The van der Waals surface area contributed by atoms with E-state index in [0.29, 0.717) is 17.4 Å². The van der Waals surface area contributed by atoms with Crippen molar-refractivity contribution in [3.05, 3.63) is 42.9 Å². The molecule has 1 unspecified atom stereocenters. The number of methoxy groups -OCH3 is 2. The van der Waals surface area contributed by atoms with E-state index < -0.39 is 0 Å². The van der Waals surface area contributed by atoms with Crippen LogP contribution >= 0.6 is 0 Å². The fourth-order valence-electron chi connectivity index (χ4n) is 4.86. The van der Waals surface area contributed by atoms with E-state index in [0.717, 1.165) is 68.4 Å². The maximum atomic E-state index is 5.51. The zero-order valence-electron chi connectivity index (χ0n) is 18.8. The fourth-order valence-corrected chi connectivity index (χ4v) is 4.86. The third-order valence-corrected chi connectivity index (χ3v) is 6.57. The van der Waals surface area contributed by atoms with E-state index in [2.05, 4.69) is 41.8 Å². The highest BCUT2D eigenvalue weighted by molar-refractivity contribution is 5.92. The van der Waals surface area contributed by atoms with E-state index in [4.69, 9.17) is 9.47 Å². The number of pyridine rings is 1. The van der Waals surface area contributed by atoms with E-state index in [1.807, 2.05) is 24.4 Å². The second-order valence-electron chi connectivity index (χ2n) is 8.50. The van der Waals surface area contributed by atoms with Crippen molar-refractivity contribution >= 4 is 22.5 Å². The average molecular weight is 435 g/mol. The summed E-state index contributed by atoms with van der Waals surface area (Å²) >= 11 is 0. The molecule has 8 nitrogen and oxygen atoms in total. The number of piperazine rings is 1. The third-order valence-electron chi connectivity index (χ3n) is 6.57. The first-order valence-corrected chi connectivity index (χ1v) is 11.2. The lowest BCUT2D eigenvalue weighted by atomic mass is 10.1. The maximum absolute atomic E-state index is 5.51. The van der Waals surface area contributed by atoms with Crippen molar-refractivity contribution in [3.8, 4) is 11.5 Å². The molecule has 2 aromatic heterocycles. The number of benzene rings is 1. The van der Waals surface area contributed by atoms with Gasteiger partial charge in [-0.25, -0.2) is 15.0 Å². The van der Waals surface area contributed by atoms with Crippen molar-refractivity contribution in [2.24, 2.45) is 5.92 Å². The van der Waals surface area contributed by atoms with Gasteiger partial charge >= 0.3 is 0 Å². The highest BCUT2D eigenvalue weighted by Crippen LogP contribution is 2.36. The molecule has 8 heteroatoms. The Balaban J connectivity index is 1.23. The fraction of sp³-hybridized carbons (Fsp3) is 0.458. The number of ether oxygens (including phenoxy) is 2. The van der Waals surface area contributed by atoms with Crippen molar-refractivity contribution in [1.29, 1.82) is 0 Å². The minimum absolute atomic E-state index is 0.640. The molecule has 0 amide bonds. The summed E-state index contributed by atoms with van der Waals surface area (Å²) in [5, 5.41) is 1.01. The van der Waals surface area contributed by atoms with Gasteiger partial charge in [-0.05, 0) is 30.5 Å². The minimum Gasteiger partial charge on any atom is -0.493 e. The quantitative estimate of drug-likeness (QED) is 0.587. The summed E-state index contributed by atoms with van der Waals surface area (Å²) in [5.74, 6) is 4.10. The smallest absolute Gasteiger partial charge is 0.162 e. The van der Waals surface area contributed by atoms with Gasteiger partial charge in [0.1, 0.15) is 18.0 Å². The molecule has 4 heterocycles. The van der Waals surface area contributed by atoms with Crippen LogP contribution in [-0.2, 0) is 0 Å². The van der Waals surface area contributed by atoms with Gasteiger partial charge in [-0.15, -0.1) is 0 Å². The highest BCUT2D eigenvalue weighted by atomic mass is 16.5. The summed E-state index contributed by atoms with van der Waals surface area (Å²) in [6.07, 6.45) is 4.70. The molecule has 3 aromatic rings. The molecule has 2 saturated heterocycles. The van der Waals surface area contributed by atoms with Gasteiger partial charge in [0, 0.05) is 63.5 Å². The number of hydrogen-bond donors (Lipinski definition) is 0. The zero-order valence-corrected chi connectivity index (χ0v) is 18.8. The lowest BCUT2D eigenvalue weighted by molar-refractivity contribution is 0.225. The largest absolute Gasteiger partial charge is 0.493 e. The number of anilines is 2. The van der Waals surface area contributed by atoms with Crippen LogP contribution in [0.25, 0.3) is 10.9 Å². The van der Waals surface area contributed by atoms with Gasteiger partial charge in [0.05, 0.1) is 19.7 Å². The molecule has 0 spiro atoms. The van der Waals surface area contributed by atoms with Gasteiger partial charge in [-0.2, -0.15) is 0 Å². The molecule has 0 radical (unpaired) electrons. The summed E-state index contributed by atoms with van der Waals surface area (Å²) in [6, 6.07) is 10.0. The molecule has 2 aliphatic heterocycles. The highest BCUT2D eigenvalue weighted by Gasteiger charge is 2.28. The summed E-state index contributed by atoms with van der Waals surface area (Å²) in [6.45, 7) is 7.39. The van der Waals surface area contributed by atoms with Crippen LogP contribution in [-0.4, -0.2) is 79.9 Å². The molecule has 0 aliphatic carbocycles. The molecule has 0 bridgehead atoms. The van der Waals surface area contributed by atoms with Gasteiger partial charge in [-0.1, -0.05) is 6.07 Å². The summed E-state index contributed by atoms with van der Waals surface area (Å²) in [4.78, 5) is 21.0. The van der Waals surface area contributed by atoms with Crippen LogP contribution < -0.4 is 19.3 Å². The van der Waals surface area contributed by atoms with Crippen molar-refractivity contribution in [2.45, 2.75) is 6.42 Å². The van der Waals surface area contributed by atoms with Gasteiger partial charge in [0.15, 0.2) is 11.5 Å². The zero-order chi connectivity index (χ0) is 21.9. The van der Waals surface area contributed by atoms with Crippen LogP contribution in [0.1, 0.15) is 6.42 Å². The summed E-state index contributed by atoms with van der Waals surface area (Å²) < 4.78 is 10.9. The van der Waals surface area contributed by atoms with E-state index >= 15 is 0 Å². The van der Waals surface area contributed by atoms with Crippen LogP contribution in [0, 0.1) is 5.92 Å². The van der Waals surface area contributed by atoms with Crippen molar-refractivity contribution < 1.29 is 9.47 Å². The Bertz CT molecular complexity index is 1060. The van der Waals surface area contributed by atoms with Crippen LogP contribution in [0.15, 0.2) is 42.9 Å². The lowest BCUT2D eigenvalue weighted by Gasteiger charge is -2.36. The Morgan fingerprint density at radius 2 is 1.72 bits per heavy atom. The first kappa shape index (κ1) is 20.8. The average Bonchev–Trinajstić information content (AvgIpc) is 3.32. The van der Waals surface area contributed by atoms with Gasteiger partial charge in [-0.3, -0.25) is 4.90 Å². The predicted molar refractivity (Wildman–Crippen MR) is 126 cm³/mol. The van der Waals surface area contributed by atoms with Gasteiger partial charge < -0.3 is 19.3 Å². The molecule has 2 aliphatic rings. The molecule has 5 rings (SSSR count). The normalized spacial score (nSPS) is 19.5. The number of nitrogens with zero attached hydrogens (tertiary/aromatic N) is 6. The Morgan fingerprint density at radius 3 is 2.47 bits per heavy atom. The number of rotatable bonds is 6. The SMILES string of the molecule is COc1cc2ncnc(N3CCC(CN4CCN(c5ccccn5)CC4)C3)c2cc1OC. The van der Waals surface area contributed by atoms with Crippen LogP contribution in [0.5, 0.6) is 11.5 Å². The van der Waals surface area contributed by atoms with Crippen LogP contribution in [0.2, 0.25) is 0 Å². The molecule has 168 valence electrons. The Hall–Kier alpha value is -3.13. The lowest BCUT2D eigenvalue weighted by Crippen LogP contribution is -2.48. The molecule has 0 saturated carbocycles. The van der Waals surface area contributed by atoms with Gasteiger partial charge in [0.2, 0.25) is 0 Å². The van der Waals surface area contributed by atoms with E-state index in [1.54, 1.807) is 20.5 Å². The second kappa shape index (κ2) is 9.16. The summed E-state index contributed by atoms with van der Waals surface area (Å²) in [7, 11) is 3.31. The predicted octanol–water partition coefficient (Wildman–Crippen LogP) is 2.69.